The SMILES string of the molecule is CCCCC/C=C\C/C=C\C/C=C\C=C\C(=O)CCCC(=O)OC[C@H](COP(=O)(O)OC[C@@H](O)COP(=O)(O)O)OC(=O)CCCCCCC/C=C\CCCCCCCC. The number of aliphatic hydroxyl groups is 1. The predicted octanol–water partition coefficient (Wildman–Crippen LogP) is 10.4. The van der Waals surface area contributed by atoms with Crippen molar-refractivity contribution in [3.05, 3.63) is 60.8 Å². The summed E-state index contributed by atoms with van der Waals surface area (Å²) < 4.78 is 47.5. The topological polar surface area (TPSA) is 212 Å². The van der Waals surface area contributed by atoms with E-state index in [4.69, 9.17) is 23.8 Å². The highest BCUT2D eigenvalue weighted by atomic mass is 31.2. The van der Waals surface area contributed by atoms with Crippen LogP contribution in [0.1, 0.15) is 162 Å². The third kappa shape index (κ3) is 42.2. The second-order valence-electron chi connectivity index (χ2n) is 14.6. The van der Waals surface area contributed by atoms with Gasteiger partial charge in [-0.1, -0.05) is 133 Å². The van der Waals surface area contributed by atoms with Gasteiger partial charge in [0.15, 0.2) is 11.9 Å². The Bertz CT molecular complexity index is 1350. The normalized spacial score (nSPS) is 14.5. The standard InChI is InChI=1S/C44H76O14P2/c1-3-5-7-9-11-13-15-17-18-20-22-24-26-28-30-34-44(48)58-42(39-57-60(52,53)56-37-41(46)36-55-59(49,50)51)38-54-43(47)35-31-33-40(45)32-29-27-25-23-21-19-16-14-12-10-8-6-4-2/h12,14,17-19,21,25,27,29,32,41-42,46H,3-11,13,15-16,20,22-24,26,28,30-31,33-39H2,1-2H3,(H,52,53)(H2,49,50,51)/b14-12-,18-17-,21-19-,27-25-,32-29+/t41-,42+/m0/s1. The molecule has 0 heterocycles. The fourth-order valence-electron chi connectivity index (χ4n) is 5.47. The van der Waals surface area contributed by atoms with Crippen molar-refractivity contribution in [3.63, 3.8) is 0 Å². The molecular weight excluding hydrogens is 814 g/mol. The van der Waals surface area contributed by atoms with Gasteiger partial charge in [-0.3, -0.25) is 28.0 Å². The number of allylic oxidation sites excluding steroid dienone is 10. The average molecular weight is 891 g/mol. The van der Waals surface area contributed by atoms with Crippen LogP contribution in [0.3, 0.4) is 0 Å². The first-order valence-corrected chi connectivity index (χ1v) is 25.0. The van der Waals surface area contributed by atoms with Gasteiger partial charge in [-0.15, -0.1) is 0 Å². The van der Waals surface area contributed by atoms with E-state index in [9.17, 15) is 33.5 Å². The highest BCUT2D eigenvalue weighted by Crippen LogP contribution is 2.43. The zero-order chi connectivity index (χ0) is 44.6. The van der Waals surface area contributed by atoms with Gasteiger partial charge in [-0.05, 0) is 70.3 Å². The number of esters is 2. The van der Waals surface area contributed by atoms with Gasteiger partial charge >= 0.3 is 27.6 Å². The van der Waals surface area contributed by atoms with E-state index >= 15 is 0 Å². The number of hydrogen-bond acceptors (Lipinski definition) is 11. The fraction of sp³-hybridized carbons (Fsp3) is 0.705. The van der Waals surface area contributed by atoms with Gasteiger partial charge in [0.05, 0.1) is 19.8 Å². The highest BCUT2D eigenvalue weighted by molar-refractivity contribution is 7.47. The smallest absolute Gasteiger partial charge is 0.462 e. The van der Waals surface area contributed by atoms with Crippen LogP contribution in [-0.4, -0.2) is 76.1 Å². The Hall–Kier alpha value is -2.51. The largest absolute Gasteiger partial charge is 0.472 e. The molecule has 0 saturated carbocycles. The first-order chi connectivity index (χ1) is 28.8. The van der Waals surface area contributed by atoms with Crippen LogP contribution in [0.25, 0.3) is 0 Å². The number of ketones is 1. The molecule has 0 rings (SSSR count). The molecule has 0 radical (unpaired) electrons. The first-order valence-electron chi connectivity index (χ1n) is 21.9. The number of phosphoric ester groups is 2. The maximum atomic E-state index is 12.7. The number of unbranched alkanes of at least 4 members (excludes halogenated alkanes) is 14. The van der Waals surface area contributed by atoms with Gasteiger partial charge in [0.25, 0.3) is 0 Å². The Labute approximate surface area is 359 Å². The molecule has 0 aromatic carbocycles. The van der Waals surface area contributed by atoms with Gasteiger partial charge in [0.1, 0.15) is 12.7 Å². The number of rotatable bonds is 41. The maximum Gasteiger partial charge on any atom is 0.472 e. The molecule has 0 aliphatic heterocycles. The van der Waals surface area contributed by atoms with Crippen molar-refractivity contribution < 1.29 is 66.3 Å². The summed E-state index contributed by atoms with van der Waals surface area (Å²) in [5, 5.41) is 9.74. The van der Waals surface area contributed by atoms with E-state index < -0.39 is 66.2 Å². The summed E-state index contributed by atoms with van der Waals surface area (Å²) >= 11 is 0. The van der Waals surface area contributed by atoms with Gasteiger partial charge in [-0.25, -0.2) is 9.13 Å². The molecule has 0 aromatic rings. The molecule has 346 valence electrons. The number of ether oxygens (including phenoxy) is 2. The van der Waals surface area contributed by atoms with Gasteiger partial charge in [0.2, 0.25) is 0 Å². The van der Waals surface area contributed by atoms with Gasteiger partial charge < -0.3 is 29.3 Å². The van der Waals surface area contributed by atoms with Crippen LogP contribution in [0, 0.1) is 0 Å². The first kappa shape index (κ1) is 57.5. The molecule has 0 spiro atoms. The van der Waals surface area contributed by atoms with Crippen LogP contribution in [0.2, 0.25) is 0 Å². The lowest BCUT2D eigenvalue weighted by atomic mass is 10.1. The van der Waals surface area contributed by atoms with Crippen LogP contribution < -0.4 is 0 Å². The van der Waals surface area contributed by atoms with Crippen LogP contribution in [0.5, 0.6) is 0 Å². The summed E-state index contributed by atoms with van der Waals surface area (Å²) in [7, 11) is -9.75. The summed E-state index contributed by atoms with van der Waals surface area (Å²) in [5.41, 5.74) is 0. The Morgan fingerprint density at radius 3 is 1.68 bits per heavy atom. The maximum absolute atomic E-state index is 12.7. The van der Waals surface area contributed by atoms with Crippen molar-refractivity contribution in [1.29, 1.82) is 0 Å². The van der Waals surface area contributed by atoms with Crippen LogP contribution >= 0.6 is 15.6 Å². The monoisotopic (exact) mass is 890 g/mol. The Balaban J connectivity index is 4.72. The number of hydrogen-bond donors (Lipinski definition) is 4. The van der Waals surface area contributed by atoms with E-state index in [1.807, 2.05) is 6.08 Å². The molecule has 60 heavy (non-hydrogen) atoms. The second kappa shape index (κ2) is 39.3. The van der Waals surface area contributed by atoms with E-state index in [2.05, 4.69) is 59.4 Å². The van der Waals surface area contributed by atoms with Crippen molar-refractivity contribution in [1.82, 2.24) is 0 Å². The number of carbonyl (C=O) groups excluding carboxylic acids is 3. The molecule has 0 aliphatic carbocycles. The Morgan fingerprint density at radius 1 is 0.533 bits per heavy atom. The third-order valence-electron chi connectivity index (χ3n) is 8.85. The molecule has 4 N–H and O–H groups in total. The van der Waals surface area contributed by atoms with Crippen LogP contribution in [-0.2, 0) is 46.6 Å². The van der Waals surface area contributed by atoms with E-state index in [0.29, 0.717) is 6.42 Å². The zero-order valence-corrected chi connectivity index (χ0v) is 38.1. The fourth-order valence-corrected chi connectivity index (χ4v) is 6.63. The van der Waals surface area contributed by atoms with Crippen molar-refractivity contribution >= 4 is 33.4 Å². The second-order valence-corrected chi connectivity index (χ2v) is 17.3. The zero-order valence-electron chi connectivity index (χ0n) is 36.3. The summed E-state index contributed by atoms with van der Waals surface area (Å²) in [6.07, 6.45) is 37.9. The number of aliphatic hydroxyl groups excluding tert-OH is 1. The molecule has 3 atom stereocenters. The summed E-state index contributed by atoms with van der Waals surface area (Å²) in [4.78, 5) is 64.9. The summed E-state index contributed by atoms with van der Waals surface area (Å²) in [5.74, 6) is -1.46. The van der Waals surface area contributed by atoms with Crippen molar-refractivity contribution in [2.24, 2.45) is 0 Å². The molecule has 14 nitrogen and oxygen atoms in total. The number of carbonyl (C=O) groups is 3. The third-order valence-corrected chi connectivity index (χ3v) is 10.3. The molecule has 0 saturated heterocycles. The van der Waals surface area contributed by atoms with Crippen molar-refractivity contribution in [3.8, 4) is 0 Å². The molecule has 16 heteroatoms. The van der Waals surface area contributed by atoms with E-state index in [0.717, 1.165) is 57.8 Å². The Kier molecular flexibility index (Phi) is 37.7. The van der Waals surface area contributed by atoms with Gasteiger partial charge in [-0.2, -0.15) is 0 Å². The quantitative estimate of drug-likeness (QED) is 0.0112. The number of phosphoric acid groups is 2. The lowest BCUT2D eigenvalue weighted by Crippen LogP contribution is -2.30. The summed E-state index contributed by atoms with van der Waals surface area (Å²) in [6, 6.07) is 0. The minimum atomic E-state index is -4.89. The molecule has 0 fully saturated rings. The minimum absolute atomic E-state index is 0.0695. The highest BCUT2D eigenvalue weighted by Gasteiger charge is 2.28. The van der Waals surface area contributed by atoms with Crippen molar-refractivity contribution in [2.45, 2.75) is 174 Å². The molecule has 0 aromatic heterocycles. The molecule has 0 aliphatic rings. The van der Waals surface area contributed by atoms with E-state index in [1.165, 1.54) is 63.9 Å². The van der Waals surface area contributed by atoms with E-state index in [-0.39, 0.29) is 31.5 Å². The van der Waals surface area contributed by atoms with Gasteiger partial charge in [0, 0.05) is 19.3 Å². The predicted molar refractivity (Wildman–Crippen MR) is 235 cm³/mol. The minimum Gasteiger partial charge on any atom is -0.462 e. The van der Waals surface area contributed by atoms with E-state index in [1.54, 1.807) is 12.2 Å². The average Bonchev–Trinajstić information content (AvgIpc) is 3.20. The molecule has 0 bridgehead atoms. The van der Waals surface area contributed by atoms with Crippen molar-refractivity contribution in [2.75, 3.05) is 26.4 Å². The molecule has 1 unspecified atom stereocenters. The lowest BCUT2D eigenvalue weighted by molar-refractivity contribution is -0.161. The van der Waals surface area contributed by atoms with Crippen LogP contribution in [0.15, 0.2) is 60.8 Å². The molecule has 0 amide bonds. The molecular formula is C44H76O14P2. The summed E-state index contributed by atoms with van der Waals surface area (Å²) in [6.45, 7) is 1.44. The Morgan fingerprint density at radius 2 is 1.03 bits per heavy atom. The lowest BCUT2D eigenvalue weighted by Gasteiger charge is -2.20. The van der Waals surface area contributed by atoms with Crippen LogP contribution in [0.4, 0.5) is 0 Å².